The first-order chi connectivity index (χ1) is 12.1. The summed E-state index contributed by atoms with van der Waals surface area (Å²) in [5.41, 5.74) is 11.6. The van der Waals surface area contributed by atoms with Gasteiger partial charge < -0.3 is 15.4 Å². The molecule has 26 heavy (non-hydrogen) atoms. The molecule has 2 aromatic rings. The molecule has 140 valence electrons. The van der Waals surface area contributed by atoms with Crippen LogP contribution in [0.1, 0.15) is 65.2 Å². The van der Waals surface area contributed by atoms with Gasteiger partial charge in [-0.15, -0.1) is 0 Å². The minimum absolute atomic E-state index is 0.155. The molecule has 2 aliphatic heterocycles. The van der Waals surface area contributed by atoms with Crippen molar-refractivity contribution in [2.75, 3.05) is 17.7 Å². The molecule has 0 bridgehead atoms. The van der Waals surface area contributed by atoms with Crippen LogP contribution in [0.4, 0.5) is 11.4 Å². The van der Waals surface area contributed by atoms with Crippen molar-refractivity contribution in [1.29, 1.82) is 0 Å². The smallest absolute Gasteiger partial charge is 0.0688 e. The molecule has 2 aliphatic rings. The summed E-state index contributed by atoms with van der Waals surface area (Å²) in [5.74, 6) is 0. The Bertz CT molecular complexity index is 836. The van der Waals surface area contributed by atoms with Crippen molar-refractivity contribution in [2.24, 2.45) is 0 Å². The lowest BCUT2D eigenvalue weighted by molar-refractivity contribution is -0.170. The molecule has 0 saturated carbocycles. The number of nitrogens with two attached hydrogens (primary N) is 1. The maximum atomic E-state index is 6.29. The summed E-state index contributed by atoms with van der Waals surface area (Å²) in [4.78, 5) is 2.28. The molecule has 1 unspecified atom stereocenters. The molecule has 0 radical (unpaired) electrons. The first-order valence-corrected chi connectivity index (χ1v) is 9.49. The first-order valence-electron chi connectivity index (χ1n) is 9.49. The van der Waals surface area contributed by atoms with Crippen LogP contribution >= 0.6 is 0 Å². The van der Waals surface area contributed by atoms with Crippen LogP contribution in [0.5, 0.6) is 0 Å². The van der Waals surface area contributed by atoms with Crippen molar-refractivity contribution in [1.82, 2.24) is 9.78 Å². The van der Waals surface area contributed by atoms with Gasteiger partial charge in [-0.1, -0.05) is 12.1 Å². The summed E-state index contributed by atoms with van der Waals surface area (Å²) < 4.78 is 8.54. The zero-order chi connectivity index (χ0) is 18.9. The van der Waals surface area contributed by atoms with Gasteiger partial charge in [0.1, 0.15) is 0 Å². The van der Waals surface area contributed by atoms with E-state index in [1.165, 1.54) is 16.8 Å². The van der Waals surface area contributed by atoms with Gasteiger partial charge in [0.2, 0.25) is 0 Å². The number of anilines is 2. The molecule has 1 aromatic heterocycles. The Kier molecular flexibility index (Phi) is 3.68. The number of benzene rings is 1. The van der Waals surface area contributed by atoms with Crippen molar-refractivity contribution in [3.8, 4) is 11.1 Å². The van der Waals surface area contributed by atoms with Crippen LogP contribution in [-0.2, 0) is 4.74 Å². The van der Waals surface area contributed by atoms with Crippen molar-refractivity contribution in [2.45, 2.75) is 70.7 Å². The zero-order valence-corrected chi connectivity index (χ0v) is 16.7. The molecule has 1 atom stereocenters. The molecule has 1 aromatic carbocycles. The SMILES string of the molecule is CC1c2c(cnn2C2CC(C)(C)OC(C)(C)C2)-c2cccc(N)c2N1C. The van der Waals surface area contributed by atoms with Crippen LogP contribution in [-0.4, -0.2) is 28.0 Å². The lowest BCUT2D eigenvalue weighted by Gasteiger charge is -2.46. The third kappa shape index (κ3) is 2.60. The summed E-state index contributed by atoms with van der Waals surface area (Å²) in [6.07, 6.45) is 3.95. The molecule has 4 rings (SSSR count). The van der Waals surface area contributed by atoms with Gasteiger partial charge in [0.25, 0.3) is 0 Å². The normalized spacial score (nSPS) is 24.2. The van der Waals surface area contributed by atoms with E-state index in [2.05, 4.69) is 57.3 Å². The third-order valence-electron chi connectivity index (χ3n) is 5.87. The lowest BCUT2D eigenvalue weighted by atomic mass is 9.84. The van der Waals surface area contributed by atoms with Crippen LogP contribution in [0.2, 0.25) is 0 Å². The Morgan fingerprint density at radius 3 is 2.42 bits per heavy atom. The quantitative estimate of drug-likeness (QED) is 0.763. The van der Waals surface area contributed by atoms with E-state index in [1.807, 2.05) is 18.3 Å². The summed E-state index contributed by atoms with van der Waals surface area (Å²) in [6.45, 7) is 11.0. The largest absolute Gasteiger partial charge is 0.397 e. The number of ether oxygens (including phenoxy) is 1. The number of nitrogen functional groups attached to an aromatic ring is 1. The molecular formula is C21H30N4O. The standard InChI is InChI=1S/C21H30N4O/c1-13-18-16(15-8-7-9-17(22)19(15)24(13)6)12-23-25(18)14-10-20(2,3)26-21(4,5)11-14/h7-9,12-14H,10-11,22H2,1-6H3. The minimum Gasteiger partial charge on any atom is -0.397 e. The second-order valence-electron chi connectivity index (χ2n) is 9.10. The van der Waals surface area contributed by atoms with Crippen LogP contribution in [0.3, 0.4) is 0 Å². The number of aromatic nitrogens is 2. The monoisotopic (exact) mass is 354 g/mol. The van der Waals surface area contributed by atoms with E-state index in [4.69, 9.17) is 15.6 Å². The highest BCUT2D eigenvalue weighted by Gasteiger charge is 2.42. The van der Waals surface area contributed by atoms with Gasteiger partial charge in [-0.25, -0.2) is 0 Å². The highest BCUT2D eigenvalue weighted by atomic mass is 16.5. The molecule has 1 saturated heterocycles. The van der Waals surface area contributed by atoms with Crippen molar-refractivity contribution in [3.63, 3.8) is 0 Å². The molecule has 0 aliphatic carbocycles. The number of para-hydroxylation sites is 1. The molecular weight excluding hydrogens is 324 g/mol. The minimum atomic E-state index is -0.155. The molecule has 5 heteroatoms. The highest BCUT2D eigenvalue weighted by Crippen LogP contribution is 2.49. The van der Waals surface area contributed by atoms with E-state index >= 15 is 0 Å². The van der Waals surface area contributed by atoms with Gasteiger partial charge >= 0.3 is 0 Å². The number of fused-ring (bicyclic) bond motifs is 3. The molecule has 0 amide bonds. The van der Waals surface area contributed by atoms with Crippen LogP contribution in [0, 0.1) is 0 Å². The summed E-state index contributed by atoms with van der Waals surface area (Å²) in [7, 11) is 2.12. The molecule has 5 nitrogen and oxygen atoms in total. The van der Waals surface area contributed by atoms with Crippen LogP contribution in [0.15, 0.2) is 24.4 Å². The van der Waals surface area contributed by atoms with E-state index in [0.717, 1.165) is 24.2 Å². The Morgan fingerprint density at radius 1 is 1.12 bits per heavy atom. The topological polar surface area (TPSA) is 56.3 Å². The summed E-state index contributed by atoms with van der Waals surface area (Å²) in [6, 6.07) is 6.70. The van der Waals surface area contributed by atoms with Gasteiger partial charge in [0, 0.05) is 18.2 Å². The predicted molar refractivity (Wildman–Crippen MR) is 106 cm³/mol. The number of hydrogen-bond acceptors (Lipinski definition) is 4. The second-order valence-corrected chi connectivity index (χ2v) is 9.10. The van der Waals surface area contributed by atoms with E-state index in [0.29, 0.717) is 6.04 Å². The molecule has 1 fully saturated rings. The van der Waals surface area contributed by atoms with E-state index in [9.17, 15) is 0 Å². The van der Waals surface area contributed by atoms with Gasteiger partial charge in [-0.3, -0.25) is 4.68 Å². The van der Waals surface area contributed by atoms with Gasteiger partial charge in [-0.2, -0.15) is 5.10 Å². The van der Waals surface area contributed by atoms with Gasteiger partial charge in [0.15, 0.2) is 0 Å². The Hall–Kier alpha value is -2.01. The number of hydrogen-bond donors (Lipinski definition) is 1. The van der Waals surface area contributed by atoms with Gasteiger partial charge in [0.05, 0.1) is 46.6 Å². The lowest BCUT2D eigenvalue weighted by Crippen LogP contribution is -2.46. The van der Waals surface area contributed by atoms with Crippen LogP contribution in [0.25, 0.3) is 11.1 Å². The number of rotatable bonds is 1. The fourth-order valence-electron chi connectivity index (χ4n) is 5.05. The fourth-order valence-corrected chi connectivity index (χ4v) is 5.05. The summed E-state index contributed by atoms with van der Waals surface area (Å²) >= 11 is 0. The molecule has 3 heterocycles. The number of nitrogens with zero attached hydrogens (tertiary/aromatic N) is 3. The average Bonchev–Trinajstić information content (AvgIpc) is 2.94. The van der Waals surface area contributed by atoms with Crippen molar-refractivity contribution >= 4 is 11.4 Å². The maximum absolute atomic E-state index is 6.29. The fraction of sp³-hybridized carbons (Fsp3) is 0.571. The highest BCUT2D eigenvalue weighted by molar-refractivity contribution is 5.90. The maximum Gasteiger partial charge on any atom is 0.0688 e. The van der Waals surface area contributed by atoms with E-state index in [-0.39, 0.29) is 17.2 Å². The molecule has 2 N–H and O–H groups in total. The Labute approximate surface area is 156 Å². The second kappa shape index (κ2) is 5.49. The Balaban J connectivity index is 1.84. The van der Waals surface area contributed by atoms with Gasteiger partial charge in [-0.05, 0) is 53.5 Å². The average molecular weight is 354 g/mol. The third-order valence-corrected chi connectivity index (χ3v) is 5.87. The van der Waals surface area contributed by atoms with E-state index in [1.54, 1.807) is 0 Å². The van der Waals surface area contributed by atoms with Crippen molar-refractivity contribution in [3.05, 3.63) is 30.1 Å². The first kappa shape index (κ1) is 17.4. The van der Waals surface area contributed by atoms with Crippen LogP contribution < -0.4 is 10.6 Å². The predicted octanol–water partition coefficient (Wildman–Crippen LogP) is 4.55. The van der Waals surface area contributed by atoms with E-state index < -0.39 is 0 Å². The summed E-state index contributed by atoms with van der Waals surface area (Å²) in [5, 5.41) is 4.86. The Morgan fingerprint density at radius 2 is 1.77 bits per heavy atom. The zero-order valence-electron chi connectivity index (χ0n) is 16.7. The molecule has 0 spiro atoms. The van der Waals surface area contributed by atoms with Crippen molar-refractivity contribution < 1.29 is 4.74 Å².